The Morgan fingerprint density at radius 2 is 1.79 bits per heavy atom. The van der Waals surface area contributed by atoms with Gasteiger partial charge in [0.1, 0.15) is 5.71 Å². The highest BCUT2D eigenvalue weighted by Crippen LogP contribution is 2.08. The number of hydrogen-bond donors (Lipinski definition) is 1. The Morgan fingerprint density at radius 3 is 2.29 bits per heavy atom. The predicted molar refractivity (Wildman–Crippen MR) is 58.6 cm³/mol. The second-order valence-electron chi connectivity index (χ2n) is 3.23. The van der Waals surface area contributed by atoms with Crippen LogP contribution < -0.4 is 5.43 Å². The molecule has 0 aliphatic carbocycles. The van der Waals surface area contributed by atoms with E-state index in [4.69, 9.17) is 0 Å². The molecule has 3 heteroatoms. The number of benzene rings is 1. The second kappa shape index (κ2) is 4.56. The van der Waals surface area contributed by atoms with Crippen LogP contribution in [0.15, 0.2) is 29.4 Å². The zero-order chi connectivity index (χ0) is 10.6. The Kier molecular flexibility index (Phi) is 3.40. The van der Waals surface area contributed by atoms with E-state index < -0.39 is 0 Å². The quantitative estimate of drug-likeness (QED) is 0.587. The van der Waals surface area contributed by atoms with Gasteiger partial charge in [-0.2, -0.15) is 5.10 Å². The summed E-state index contributed by atoms with van der Waals surface area (Å²) in [4.78, 5) is 10.8. The number of hydrazone groups is 1. The summed E-state index contributed by atoms with van der Waals surface area (Å²) in [6.45, 7) is 5.20. The second-order valence-corrected chi connectivity index (χ2v) is 3.23. The molecule has 0 aliphatic heterocycles. The molecule has 1 rings (SSSR count). The van der Waals surface area contributed by atoms with Crippen LogP contribution >= 0.6 is 0 Å². The topological polar surface area (TPSA) is 41.5 Å². The van der Waals surface area contributed by atoms with Gasteiger partial charge >= 0.3 is 0 Å². The molecule has 0 saturated carbocycles. The van der Waals surface area contributed by atoms with Crippen LogP contribution in [0.2, 0.25) is 0 Å². The molecule has 0 bridgehead atoms. The summed E-state index contributed by atoms with van der Waals surface area (Å²) in [6.07, 6.45) is 0. The summed E-state index contributed by atoms with van der Waals surface area (Å²) in [5.41, 5.74) is 5.38. The van der Waals surface area contributed by atoms with Crippen molar-refractivity contribution in [3.63, 3.8) is 0 Å². The molecular formula is C11H14N2O. The Labute approximate surface area is 83.8 Å². The van der Waals surface area contributed by atoms with E-state index in [0.29, 0.717) is 5.71 Å². The lowest BCUT2D eigenvalue weighted by Crippen LogP contribution is -2.07. The fraction of sp³-hybridized carbons (Fsp3) is 0.273. The van der Waals surface area contributed by atoms with E-state index in [9.17, 15) is 4.79 Å². The Balaban J connectivity index is 2.66. The van der Waals surface area contributed by atoms with Gasteiger partial charge in [0.25, 0.3) is 0 Å². The van der Waals surface area contributed by atoms with Gasteiger partial charge in [-0.15, -0.1) is 0 Å². The van der Waals surface area contributed by atoms with Crippen molar-refractivity contribution in [3.8, 4) is 0 Å². The van der Waals surface area contributed by atoms with E-state index >= 15 is 0 Å². The Morgan fingerprint density at radius 1 is 1.21 bits per heavy atom. The number of Topliss-reactive ketones (excluding diaryl/α,β-unsaturated/α-hetero) is 1. The molecule has 1 N–H and O–H groups in total. The third-order valence-corrected chi connectivity index (χ3v) is 1.91. The number of carbonyl (C=O) groups excluding carboxylic acids is 1. The highest BCUT2D eigenvalue weighted by Gasteiger charge is 1.96. The van der Waals surface area contributed by atoms with Crippen molar-refractivity contribution >= 4 is 17.2 Å². The molecule has 0 saturated heterocycles. The number of nitrogens with one attached hydrogen (secondary N) is 1. The highest BCUT2D eigenvalue weighted by atomic mass is 16.1. The SMILES string of the molecule is CC(=O)/C(C)=N/Nc1ccc(C)cc1. The molecule has 0 spiro atoms. The van der Waals surface area contributed by atoms with E-state index in [0.717, 1.165) is 5.69 Å². The van der Waals surface area contributed by atoms with Gasteiger partial charge in [0.05, 0.1) is 5.69 Å². The molecule has 74 valence electrons. The largest absolute Gasteiger partial charge is 0.293 e. The standard InChI is InChI=1S/C11H14N2O/c1-8-4-6-11(7-5-8)13-12-9(2)10(3)14/h4-7,13H,1-3H3/b12-9+. The number of hydrogen-bond acceptors (Lipinski definition) is 3. The van der Waals surface area contributed by atoms with Gasteiger partial charge in [0, 0.05) is 6.92 Å². The van der Waals surface area contributed by atoms with Gasteiger partial charge in [0.2, 0.25) is 0 Å². The van der Waals surface area contributed by atoms with Gasteiger partial charge in [0.15, 0.2) is 5.78 Å². The molecule has 0 aromatic heterocycles. The van der Waals surface area contributed by atoms with Crippen molar-refractivity contribution in [2.45, 2.75) is 20.8 Å². The number of carbonyl (C=O) groups is 1. The monoisotopic (exact) mass is 190 g/mol. The number of aryl methyl sites for hydroxylation is 1. The fourth-order valence-corrected chi connectivity index (χ4v) is 0.855. The number of nitrogens with zero attached hydrogens (tertiary/aromatic N) is 1. The molecular weight excluding hydrogens is 176 g/mol. The van der Waals surface area contributed by atoms with Gasteiger partial charge in [-0.3, -0.25) is 10.2 Å². The van der Waals surface area contributed by atoms with Crippen LogP contribution in [0.25, 0.3) is 0 Å². The van der Waals surface area contributed by atoms with Crippen molar-refractivity contribution in [2.24, 2.45) is 5.10 Å². The maximum Gasteiger partial charge on any atom is 0.175 e. The predicted octanol–water partition coefficient (Wildman–Crippen LogP) is 2.37. The Bertz CT molecular complexity index is 352. The summed E-state index contributed by atoms with van der Waals surface area (Å²) in [6, 6.07) is 7.82. The molecule has 14 heavy (non-hydrogen) atoms. The average Bonchev–Trinajstić information content (AvgIpc) is 2.16. The first kappa shape index (κ1) is 10.4. The zero-order valence-corrected chi connectivity index (χ0v) is 8.66. The van der Waals surface area contributed by atoms with E-state index in [1.54, 1.807) is 6.92 Å². The molecule has 0 amide bonds. The van der Waals surface area contributed by atoms with E-state index in [1.807, 2.05) is 31.2 Å². The zero-order valence-electron chi connectivity index (χ0n) is 8.66. The van der Waals surface area contributed by atoms with Crippen molar-refractivity contribution in [3.05, 3.63) is 29.8 Å². The molecule has 1 aromatic carbocycles. The van der Waals surface area contributed by atoms with Crippen LogP contribution in [0.3, 0.4) is 0 Å². The van der Waals surface area contributed by atoms with E-state index in [-0.39, 0.29) is 5.78 Å². The third-order valence-electron chi connectivity index (χ3n) is 1.91. The number of rotatable bonds is 3. The Hall–Kier alpha value is -1.64. The van der Waals surface area contributed by atoms with Crippen molar-refractivity contribution in [2.75, 3.05) is 5.43 Å². The van der Waals surface area contributed by atoms with Crippen molar-refractivity contribution in [1.82, 2.24) is 0 Å². The molecule has 0 radical (unpaired) electrons. The van der Waals surface area contributed by atoms with Crippen molar-refractivity contribution in [1.29, 1.82) is 0 Å². The fourth-order valence-electron chi connectivity index (χ4n) is 0.855. The molecule has 0 aliphatic rings. The van der Waals surface area contributed by atoms with E-state index in [2.05, 4.69) is 10.5 Å². The lowest BCUT2D eigenvalue weighted by Gasteiger charge is -2.01. The summed E-state index contributed by atoms with van der Waals surface area (Å²) in [5.74, 6) is -0.0235. The minimum absolute atomic E-state index is 0.0235. The van der Waals surface area contributed by atoms with Gasteiger partial charge in [-0.25, -0.2) is 0 Å². The normalized spacial score (nSPS) is 11.2. The minimum Gasteiger partial charge on any atom is -0.293 e. The summed E-state index contributed by atoms with van der Waals surface area (Å²) < 4.78 is 0. The van der Waals surface area contributed by atoms with Crippen LogP contribution in [0, 0.1) is 6.92 Å². The van der Waals surface area contributed by atoms with Crippen LogP contribution in [0.1, 0.15) is 19.4 Å². The first-order chi connectivity index (χ1) is 6.59. The molecule has 1 aromatic rings. The summed E-state index contributed by atoms with van der Waals surface area (Å²) in [7, 11) is 0. The number of ketones is 1. The molecule has 0 atom stereocenters. The van der Waals surface area contributed by atoms with Crippen LogP contribution in [0.5, 0.6) is 0 Å². The van der Waals surface area contributed by atoms with Crippen LogP contribution in [-0.2, 0) is 4.79 Å². The first-order valence-electron chi connectivity index (χ1n) is 4.47. The maximum absolute atomic E-state index is 10.8. The van der Waals surface area contributed by atoms with E-state index in [1.165, 1.54) is 12.5 Å². The lowest BCUT2D eigenvalue weighted by atomic mass is 10.2. The van der Waals surface area contributed by atoms with Crippen LogP contribution in [0.4, 0.5) is 5.69 Å². The smallest absolute Gasteiger partial charge is 0.175 e. The first-order valence-corrected chi connectivity index (χ1v) is 4.47. The van der Waals surface area contributed by atoms with Gasteiger partial charge < -0.3 is 0 Å². The maximum atomic E-state index is 10.8. The van der Waals surface area contributed by atoms with Gasteiger partial charge in [-0.05, 0) is 26.0 Å². The van der Waals surface area contributed by atoms with Crippen molar-refractivity contribution < 1.29 is 4.79 Å². The van der Waals surface area contributed by atoms with Gasteiger partial charge in [-0.1, -0.05) is 17.7 Å². The summed E-state index contributed by atoms with van der Waals surface area (Å²) >= 11 is 0. The average molecular weight is 190 g/mol. The molecule has 0 fully saturated rings. The van der Waals surface area contributed by atoms with Crippen LogP contribution in [-0.4, -0.2) is 11.5 Å². The minimum atomic E-state index is -0.0235. The summed E-state index contributed by atoms with van der Waals surface area (Å²) in [5, 5.41) is 3.94. The molecule has 3 nitrogen and oxygen atoms in total. The number of anilines is 1. The lowest BCUT2D eigenvalue weighted by molar-refractivity contribution is -0.111. The third kappa shape index (κ3) is 3.01. The molecule has 0 heterocycles. The highest BCUT2D eigenvalue weighted by molar-refractivity contribution is 6.38. The molecule has 0 unspecified atom stereocenters.